The largest absolute Gasteiger partial charge is 0.573 e. The van der Waals surface area contributed by atoms with Crippen molar-refractivity contribution in [2.24, 2.45) is 0 Å². The molecule has 1 aliphatic carbocycles. The summed E-state index contributed by atoms with van der Waals surface area (Å²) in [5, 5.41) is 12.1. The summed E-state index contributed by atoms with van der Waals surface area (Å²) in [6.07, 6.45) is -0.841. The summed E-state index contributed by atoms with van der Waals surface area (Å²) in [6, 6.07) is 4.52. The van der Waals surface area contributed by atoms with Crippen molar-refractivity contribution in [3.05, 3.63) is 68.2 Å². The van der Waals surface area contributed by atoms with E-state index in [4.69, 9.17) is 11.6 Å². The standard InChI is InChI=1S/C32H35ClF4N4O5/c1-4-18-10-22(46-32(35,36)37)9-6-19(18)12-38-31(45)24-15-41(21-7-8-21)28-23(30(24)44)11-25(34)29(27(28)33)39-13-17(3)40(16-26(42)43)20(5-2)14-39/h6,9-11,15,17,20-21H,4-5,7-8,12-14,16H2,1-3H3,(H,38,45)(H,42,43). The Kier molecular flexibility index (Phi) is 9.55. The Morgan fingerprint density at radius 1 is 1.13 bits per heavy atom. The van der Waals surface area contributed by atoms with Crippen LogP contribution in [-0.4, -0.2) is 64.5 Å². The van der Waals surface area contributed by atoms with Gasteiger partial charge in [0.15, 0.2) is 0 Å². The number of aliphatic carboxylic acids is 1. The summed E-state index contributed by atoms with van der Waals surface area (Å²) < 4.78 is 59.6. The number of anilines is 1. The van der Waals surface area contributed by atoms with E-state index in [1.165, 1.54) is 18.3 Å². The van der Waals surface area contributed by atoms with Crippen LogP contribution < -0.4 is 20.4 Å². The second-order valence-corrected chi connectivity index (χ2v) is 12.2. The molecule has 1 aromatic heterocycles. The number of benzene rings is 2. The molecule has 2 aliphatic rings. The van der Waals surface area contributed by atoms with Crippen LogP contribution in [0.4, 0.5) is 23.2 Å². The topological polar surface area (TPSA) is 104 Å². The van der Waals surface area contributed by atoms with Gasteiger partial charge in [-0.3, -0.25) is 19.3 Å². The SMILES string of the molecule is CCc1cc(OC(F)(F)F)ccc1CNC(=O)c1cn(C2CC2)c2c(Cl)c(N3CC(C)N(CC(=O)O)C(CC)C3)c(F)cc2c1=O. The summed E-state index contributed by atoms with van der Waals surface area (Å²) in [4.78, 5) is 42.1. The Bertz CT molecular complexity index is 1730. The fraction of sp³-hybridized carbons (Fsp3) is 0.469. The summed E-state index contributed by atoms with van der Waals surface area (Å²) in [5.74, 6) is -2.76. The van der Waals surface area contributed by atoms with Crippen LogP contribution in [0.25, 0.3) is 10.9 Å². The summed E-state index contributed by atoms with van der Waals surface area (Å²) in [5.41, 5.74) is 0.623. The molecule has 2 aromatic carbocycles. The van der Waals surface area contributed by atoms with Crippen LogP contribution >= 0.6 is 11.6 Å². The van der Waals surface area contributed by atoms with Gasteiger partial charge in [0.1, 0.15) is 17.1 Å². The first-order chi connectivity index (χ1) is 21.7. The quantitative estimate of drug-likeness (QED) is 0.260. The van der Waals surface area contributed by atoms with E-state index in [-0.39, 0.29) is 58.6 Å². The van der Waals surface area contributed by atoms with Gasteiger partial charge in [-0.05, 0) is 61.9 Å². The molecule has 0 radical (unpaired) electrons. The molecule has 0 bridgehead atoms. The maximum absolute atomic E-state index is 15.9. The third-order valence-corrected chi connectivity index (χ3v) is 9.01. The third kappa shape index (κ3) is 6.95. The number of hydrogen-bond acceptors (Lipinski definition) is 6. The molecule has 248 valence electrons. The Labute approximate surface area is 267 Å². The molecule has 5 rings (SSSR count). The minimum Gasteiger partial charge on any atom is -0.480 e. The maximum atomic E-state index is 15.9. The summed E-state index contributed by atoms with van der Waals surface area (Å²) >= 11 is 6.92. The lowest BCUT2D eigenvalue weighted by Gasteiger charge is -2.46. The first-order valence-electron chi connectivity index (χ1n) is 15.2. The molecule has 3 aromatic rings. The van der Waals surface area contributed by atoms with E-state index in [2.05, 4.69) is 10.1 Å². The van der Waals surface area contributed by atoms with Crippen molar-refractivity contribution >= 4 is 40.1 Å². The van der Waals surface area contributed by atoms with Crippen LogP contribution in [0.5, 0.6) is 5.75 Å². The van der Waals surface area contributed by atoms with Crippen molar-refractivity contribution in [2.45, 2.75) is 77.5 Å². The van der Waals surface area contributed by atoms with E-state index in [9.17, 15) is 32.7 Å². The van der Waals surface area contributed by atoms with Crippen LogP contribution in [-0.2, 0) is 17.8 Å². The fourth-order valence-electron chi connectivity index (χ4n) is 6.30. The van der Waals surface area contributed by atoms with Crippen LogP contribution in [0.1, 0.15) is 67.6 Å². The zero-order valence-electron chi connectivity index (χ0n) is 25.6. The number of rotatable bonds is 10. The van der Waals surface area contributed by atoms with Crippen LogP contribution in [0.3, 0.4) is 0 Å². The van der Waals surface area contributed by atoms with Gasteiger partial charge in [0.2, 0.25) is 5.43 Å². The highest BCUT2D eigenvalue weighted by Crippen LogP contribution is 2.43. The highest BCUT2D eigenvalue weighted by Gasteiger charge is 2.36. The van der Waals surface area contributed by atoms with Crippen LogP contribution in [0.2, 0.25) is 5.02 Å². The van der Waals surface area contributed by atoms with Crippen LogP contribution in [0.15, 0.2) is 35.3 Å². The molecule has 2 N–H and O–H groups in total. The molecule has 46 heavy (non-hydrogen) atoms. The number of carboxylic acid groups (broad SMARTS) is 1. The lowest BCUT2D eigenvalue weighted by Crippen LogP contribution is -2.59. The average Bonchev–Trinajstić information content (AvgIpc) is 3.82. The van der Waals surface area contributed by atoms with E-state index in [1.807, 2.05) is 18.7 Å². The highest BCUT2D eigenvalue weighted by molar-refractivity contribution is 6.38. The van der Waals surface area contributed by atoms with Gasteiger partial charge in [0, 0.05) is 44.0 Å². The van der Waals surface area contributed by atoms with Gasteiger partial charge in [-0.25, -0.2) is 4.39 Å². The number of amides is 1. The van der Waals surface area contributed by atoms with Crippen LogP contribution in [0, 0.1) is 5.82 Å². The van der Waals surface area contributed by atoms with E-state index >= 15 is 4.39 Å². The number of nitrogens with zero attached hydrogens (tertiary/aromatic N) is 3. The second kappa shape index (κ2) is 13.1. The van der Waals surface area contributed by atoms with Crippen molar-refractivity contribution in [1.82, 2.24) is 14.8 Å². The number of alkyl halides is 3. The molecule has 1 aliphatic heterocycles. The molecule has 1 saturated heterocycles. The van der Waals surface area contributed by atoms with E-state index in [1.54, 1.807) is 16.4 Å². The Morgan fingerprint density at radius 2 is 1.85 bits per heavy atom. The van der Waals surface area contributed by atoms with Gasteiger partial charge in [-0.15, -0.1) is 13.2 Å². The molecule has 2 unspecified atom stereocenters. The predicted molar refractivity (Wildman–Crippen MR) is 165 cm³/mol. The molecular weight excluding hydrogens is 632 g/mol. The zero-order chi connectivity index (χ0) is 33.5. The lowest BCUT2D eigenvalue weighted by molar-refractivity contribution is -0.274. The number of ether oxygens (including phenoxy) is 1. The number of aromatic nitrogens is 1. The van der Waals surface area contributed by atoms with Gasteiger partial charge in [-0.1, -0.05) is 31.5 Å². The van der Waals surface area contributed by atoms with Gasteiger partial charge < -0.3 is 24.6 Å². The Balaban J connectivity index is 1.47. The Morgan fingerprint density at radius 3 is 2.46 bits per heavy atom. The number of pyridine rings is 1. The van der Waals surface area contributed by atoms with Gasteiger partial charge in [0.25, 0.3) is 5.91 Å². The number of carbonyl (C=O) groups excluding carboxylic acids is 1. The van der Waals surface area contributed by atoms with E-state index in [0.717, 1.165) is 25.0 Å². The highest BCUT2D eigenvalue weighted by atomic mass is 35.5. The average molecular weight is 667 g/mol. The minimum atomic E-state index is -4.84. The monoisotopic (exact) mass is 666 g/mol. The number of halogens is 5. The number of carboxylic acids is 1. The van der Waals surface area contributed by atoms with Crippen molar-refractivity contribution in [3.63, 3.8) is 0 Å². The molecule has 0 spiro atoms. The molecule has 1 amide bonds. The van der Waals surface area contributed by atoms with Gasteiger partial charge >= 0.3 is 12.3 Å². The number of nitrogens with one attached hydrogen (secondary N) is 1. The number of carbonyl (C=O) groups is 2. The molecule has 2 fully saturated rings. The predicted octanol–water partition coefficient (Wildman–Crippen LogP) is 5.89. The Hall–Kier alpha value is -3.84. The normalized spacial score (nSPS) is 19.0. The molecule has 2 heterocycles. The number of aryl methyl sites for hydroxylation is 1. The zero-order valence-corrected chi connectivity index (χ0v) is 26.3. The molecular formula is C32H35ClF4N4O5. The van der Waals surface area contributed by atoms with E-state index < -0.39 is 29.5 Å². The van der Waals surface area contributed by atoms with Crippen molar-refractivity contribution < 1.29 is 37.0 Å². The third-order valence-electron chi connectivity index (χ3n) is 8.66. The number of fused-ring (bicyclic) bond motifs is 1. The number of hydrogen-bond donors (Lipinski definition) is 2. The van der Waals surface area contributed by atoms with Crippen molar-refractivity contribution in [1.29, 1.82) is 0 Å². The maximum Gasteiger partial charge on any atom is 0.573 e. The summed E-state index contributed by atoms with van der Waals surface area (Å²) in [7, 11) is 0. The minimum absolute atomic E-state index is 0.0432. The fourth-order valence-corrected chi connectivity index (χ4v) is 6.71. The smallest absolute Gasteiger partial charge is 0.480 e. The number of piperazine rings is 1. The molecule has 14 heteroatoms. The summed E-state index contributed by atoms with van der Waals surface area (Å²) in [6.45, 7) is 6.03. The van der Waals surface area contributed by atoms with Gasteiger partial charge in [0.05, 0.1) is 28.2 Å². The molecule has 2 atom stereocenters. The molecule has 9 nitrogen and oxygen atoms in total. The van der Waals surface area contributed by atoms with Crippen molar-refractivity contribution in [3.8, 4) is 5.75 Å². The van der Waals surface area contributed by atoms with E-state index in [0.29, 0.717) is 42.6 Å². The lowest BCUT2D eigenvalue weighted by atomic mass is 10.0. The van der Waals surface area contributed by atoms with Gasteiger partial charge in [-0.2, -0.15) is 0 Å². The van der Waals surface area contributed by atoms with Crippen molar-refractivity contribution in [2.75, 3.05) is 24.5 Å². The first-order valence-corrected chi connectivity index (χ1v) is 15.5. The molecule has 1 saturated carbocycles. The second-order valence-electron chi connectivity index (χ2n) is 11.8. The first kappa shape index (κ1) is 33.5.